The molecule has 7 nitrogen and oxygen atoms in total. The molecule has 2 fully saturated rings. The molecule has 0 radical (unpaired) electrons. The lowest BCUT2D eigenvalue weighted by molar-refractivity contribution is -0.130. The molecule has 0 aromatic carbocycles. The van der Waals surface area contributed by atoms with E-state index in [4.69, 9.17) is 0 Å². The number of nitrogens with one attached hydrogen (secondary N) is 2. The van der Waals surface area contributed by atoms with Crippen LogP contribution < -0.4 is 15.8 Å². The summed E-state index contributed by atoms with van der Waals surface area (Å²) in [4.78, 5) is 36.5. The molecule has 1 amide bonds. The quantitative estimate of drug-likeness (QED) is 0.607. The number of carbonyl (C=O) groups excluding carboxylic acids is 1. The minimum absolute atomic E-state index is 0.0319. The summed E-state index contributed by atoms with van der Waals surface area (Å²) in [7, 11) is 1.85. The number of hydrogen-bond donors (Lipinski definition) is 2. The van der Waals surface area contributed by atoms with E-state index < -0.39 is 0 Å². The number of anilines is 1. The highest BCUT2D eigenvalue weighted by Gasteiger charge is 2.37. The first-order valence-corrected chi connectivity index (χ1v) is 11.1. The van der Waals surface area contributed by atoms with Gasteiger partial charge in [-0.2, -0.15) is 0 Å². The van der Waals surface area contributed by atoms with Crippen LogP contribution in [0.1, 0.15) is 25.5 Å². The second kappa shape index (κ2) is 9.47. The minimum atomic E-state index is -0.0761. The highest BCUT2D eigenvalue weighted by molar-refractivity contribution is 5.88. The molecule has 7 heteroatoms. The highest BCUT2D eigenvalue weighted by atomic mass is 16.2. The summed E-state index contributed by atoms with van der Waals surface area (Å²) >= 11 is 0. The topological polar surface area (TPSA) is 81.3 Å². The average molecular weight is 422 g/mol. The molecule has 0 bridgehead atoms. The summed E-state index contributed by atoms with van der Waals surface area (Å²) in [6.45, 7) is 4.92. The van der Waals surface area contributed by atoms with Gasteiger partial charge in [0, 0.05) is 55.9 Å². The van der Waals surface area contributed by atoms with Crippen molar-refractivity contribution in [3.63, 3.8) is 0 Å². The van der Waals surface area contributed by atoms with Crippen LogP contribution >= 0.6 is 0 Å². The van der Waals surface area contributed by atoms with Crippen molar-refractivity contribution in [1.82, 2.24) is 20.2 Å². The van der Waals surface area contributed by atoms with Crippen LogP contribution in [0.3, 0.4) is 0 Å². The summed E-state index contributed by atoms with van der Waals surface area (Å²) < 4.78 is 0. The molecule has 2 aromatic rings. The normalized spacial score (nSPS) is 16.5. The molecule has 164 valence electrons. The Morgan fingerprint density at radius 2 is 2.13 bits per heavy atom. The molecule has 1 saturated carbocycles. The van der Waals surface area contributed by atoms with Crippen LogP contribution in [0, 0.1) is 5.92 Å². The maximum Gasteiger partial charge on any atom is 0.271 e. The maximum atomic E-state index is 12.8. The summed E-state index contributed by atoms with van der Waals surface area (Å²) in [6, 6.07) is 6.21. The Labute approximate surface area is 183 Å². The number of likely N-dealkylation sites (tertiary alicyclic amines) is 1. The van der Waals surface area contributed by atoms with Crippen molar-refractivity contribution >= 4 is 11.6 Å². The second-order valence-electron chi connectivity index (χ2n) is 8.44. The fourth-order valence-corrected chi connectivity index (χ4v) is 3.94. The second-order valence-corrected chi connectivity index (χ2v) is 8.44. The van der Waals surface area contributed by atoms with E-state index in [-0.39, 0.29) is 17.5 Å². The van der Waals surface area contributed by atoms with Crippen LogP contribution in [0.2, 0.25) is 0 Å². The predicted octanol–water partition coefficient (Wildman–Crippen LogP) is 2.20. The van der Waals surface area contributed by atoms with Gasteiger partial charge in [0.25, 0.3) is 5.56 Å². The Hall–Kier alpha value is -2.93. The standard InChI is InChI=1S/C24H31N5O2/c1-3-20-11-18(8-10-26-20)19-12-22(24(31)27-13-19)29(14-17-6-7-17)21-15-28(16-21)23(30)5-4-9-25-2/h4-5,8,10-13,17,21,25H,3,6-7,9,14-16H2,1-2H3,(H,27,31)/b5-4+. The molecule has 3 heterocycles. The van der Waals surface area contributed by atoms with Crippen molar-refractivity contribution in [2.75, 3.05) is 38.1 Å². The van der Waals surface area contributed by atoms with Crippen molar-refractivity contribution in [3.05, 3.63) is 58.8 Å². The van der Waals surface area contributed by atoms with E-state index in [1.165, 1.54) is 12.8 Å². The van der Waals surface area contributed by atoms with Gasteiger partial charge in [0.2, 0.25) is 5.91 Å². The van der Waals surface area contributed by atoms with Crippen molar-refractivity contribution in [1.29, 1.82) is 0 Å². The maximum absolute atomic E-state index is 12.8. The van der Waals surface area contributed by atoms with Crippen molar-refractivity contribution in [2.45, 2.75) is 32.2 Å². The van der Waals surface area contributed by atoms with E-state index in [0.717, 1.165) is 29.8 Å². The van der Waals surface area contributed by atoms with Gasteiger partial charge in [-0.15, -0.1) is 0 Å². The van der Waals surface area contributed by atoms with Crippen molar-refractivity contribution in [3.8, 4) is 11.1 Å². The van der Waals surface area contributed by atoms with Crippen LogP contribution in [0.5, 0.6) is 0 Å². The minimum Gasteiger partial charge on any atom is -0.360 e. The average Bonchev–Trinajstić information content (AvgIpc) is 3.57. The fourth-order valence-electron chi connectivity index (χ4n) is 3.94. The Balaban J connectivity index is 1.54. The third-order valence-electron chi connectivity index (χ3n) is 6.05. The van der Waals surface area contributed by atoms with Crippen LogP contribution in [0.4, 0.5) is 5.69 Å². The summed E-state index contributed by atoms with van der Waals surface area (Å²) in [5.74, 6) is 0.667. The van der Waals surface area contributed by atoms with Gasteiger partial charge in [-0.05, 0) is 56.0 Å². The largest absolute Gasteiger partial charge is 0.360 e. The molecule has 1 aliphatic heterocycles. The highest BCUT2D eigenvalue weighted by Crippen LogP contribution is 2.34. The smallest absolute Gasteiger partial charge is 0.271 e. The number of hydrogen-bond acceptors (Lipinski definition) is 5. The van der Waals surface area contributed by atoms with Gasteiger partial charge in [0.15, 0.2) is 0 Å². The molecule has 31 heavy (non-hydrogen) atoms. The van der Waals surface area contributed by atoms with E-state index in [9.17, 15) is 9.59 Å². The van der Waals surface area contributed by atoms with E-state index >= 15 is 0 Å². The van der Waals surface area contributed by atoms with Crippen LogP contribution in [-0.2, 0) is 11.2 Å². The fraction of sp³-hybridized carbons (Fsp3) is 0.458. The number of carbonyl (C=O) groups is 1. The SMILES string of the molecule is CCc1cc(-c2c[nH]c(=O)c(N(CC3CC3)C3CN(C(=O)/C=C/CNC)C3)c2)ccn1. The first-order chi connectivity index (χ1) is 15.1. The van der Waals surface area contributed by atoms with E-state index in [2.05, 4.69) is 33.2 Å². The zero-order valence-electron chi connectivity index (χ0n) is 18.3. The zero-order chi connectivity index (χ0) is 21.8. The van der Waals surface area contributed by atoms with Gasteiger partial charge in [-0.1, -0.05) is 13.0 Å². The molecule has 0 spiro atoms. The number of H-pyrrole nitrogens is 1. The van der Waals surface area contributed by atoms with Gasteiger partial charge < -0.3 is 20.1 Å². The predicted molar refractivity (Wildman–Crippen MR) is 123 cm³/mol. The number of likely N-dealkylation sites (N-methyl/N-ethyl adjacent to an activating group) is 1. The molecule has 2 N–H and O–H groups in total. The summed E-state index contributed by atoms with van der Waals surface area (Å²) in [5, 5.41) is 3.00. The van der Waals surface area contributed by atoms with E-state index in [1.807, 2.05) is 36.4 Å². The molecule has 2 aromatic heterocycles. The number of pyridine rings is 2. The summed E-state index contributed by atoms with van der Waals surface area (Å²) in [5.41, 5.74) is 3.68. The molecule has 0 atom stereocenters. The molecule has 0 unspecified atom stereocenters. The number of amides is 1. The number of nitrogens with zero attached hydrogens (tertiary/aromatic N) is 3. The number of aryl methyl sites for hydroxylation is 1. The van der Waals surface area contributed by atoms with Crippen molar-refractivity contribution in [2.24, 2.45) is 5.92 Å². The molecule has 1 aliphatic carbocycles. The van der Waals surface area contributed by atoms with Gasteiger partial charge >= 0.3 is 0 Å². The van der Waals surface area contributed by atoms with Crippen LogP contribution in [0.25, 0.3) is 11.1 Å². The first-order valence-electron chi connectivity index (χ1n) is 11.1. The summed E-state index contributed by atoms with van der Waals surface area (Å²) in [6.07, 6.45) is 10.3. The molecule has 2 aliphatic rings. The first kappa shape index (κ1) is 21.3. The molecule has 4 rings (SSSR count). The van der Waals surface area contributed by atoms with Gasteiger partial charge in [-0.3, -0.25) is 14.6 Å². The van der Waals surface area contributed by atoms with Gasteiger partial charge in [-0.25, -0.2) is 0 Å². The molecule has 1 saturated heterocycles. The third kappa shape index (κ3) is 5.05. The van der Waals surface area contributed by atoms with E-state index in [0.29, 0.717) is 31.2 Å². The molecular weight excluding hydrogens is 390 g/mol. The molecular formula is C24H31N5O2. The van der Waals surface area contributed by atoms with Gasteiger partial charge in [0.1, 0.15) is 5.69 Å². The van der Waals surface area contributed by atoms with Gasteiger partial charge in [0.05, 0.1) is 6.04 Å². The number of aromatic amines is 1. The Morgan fingerprint density at radius 1 is 1.32 bits per heavy atom. The van der Waals surface area contributed by atoms with Crippen molar-refractivity contribution < 1.29 is 4.79 Å². The Morgan fingerprint density at radius 3 is 2.84 bits per heavy atom. The third-order valence-corrected chi connectivity index (χ3v) is 6.05. The zero-order valence-corrected chi connectivity index (χ0v) is 18.3. The number of aromatic nitrogens is 2. The monoisotopic (exact) mass is 421 g/mol. The lowest BCUT2D eigenvalue weighted by atomic mass is 10.0. The Bertz CT molecular complexity index is 1010. The lowest BCUT2D eigenvalue weighted by Crippen LogP contribution is -2.62. The van der Waals surface area contributed by atoms with Crippen LogP contribution in [-0.4, -0.2) is 60.0 Å². The Kier molecular flexibility index (Phi) is 6.51. The number of rotatable bonds is 9. The van der Waals surface area contributed by atoms with E-state index in [1.54, 1.807) is 12.3 Å². The van der Waals surface area contributed by atoms with Crippen LogP contribution in [0.15, 0.2) is 47.5 Å². The lowest BCUT2D eigenvalue weighted by Gasteiger charge is -2.46.